The van der Waals surface area contributed by atoms with Gasteiger partial charge in [0, 0.05) is 46.2 Å². The number of anilines is 2. The van der Waals surface area contributed by atoms with Crippen LogP contribution in [0.4, 0.5) is 11.6 Å². The molecule has 1 saturated heterocycles. The Hall–Kier alpha value is -3.01. The molecule has 1 amide bonds. The summed E-state index contributed by atoms with van der Waals surface area (Å²) in [4.78, 5) is 23.0. The Balaban J connectivity index is 1.49. The summed E-state index contributed by atoms with van der Waals surface area (Å²) in [5, 5.41) is 12.7. The molecule has 0 radical (unpaired) electrons. The first-order chi connectivity index (χ1) is 13.6. The van der Waals surface area contributed by atoms with E-state index in [2.05, 4.69) is 25.5 Å². The SMILES string of the molecule is COCC(=O)N1CCCC(Cn2ncc3cnc(Nc4cnn(C)c4)nc32)C1. The molecule has 3 aromatic rings. The van der Waals surface area contributed by atoms with Crippen LogP contribution >= 0.6 is 0 Å². The van der Waals surface area contributed by atoms with Crippen molar-refractivity contribution < 1.29 is 9.53 Å². The van der Waals surface area contributed by atoms with Crippen molar-refractivity contribution in [3.8, 4) is 0 Å². The molecule has 4 heterocycles. The van der Waals surface area contributed by atoms with Gasteiger partial charge in [0.05, 0.1) is 23.5 Å². The molecule has 4 rings (SSSR count). The first-order valence-corrected chi connectivity index (χ1v) is 9.33. The number of nitrogens with zero attached hydrogens (tertiary/aromatic N) is 7. The minimum Gasteiger partial charge on any atom is -0.375 e. The first-order valence-electron chi connectivity index (χ1n) is 9.33. The van der Waals surface area contributed by atoms with E-state index >= 15 is 0 Å². The van der Waals surface area contributed by atoms with E-state index in [1.54, 1.807) is 30.4 Å². The van der Waals surface area contributed by atoms with Crippen molar-refractivity contribution in [1.82, 2.24) is 34.4 Å². The van der Waals surface area contributed by atoms with Crippen LogP contribution in [-0.4, -0.2) is 67.1 Å². The molecule has 1 aliphatic heterocycles. The lowest BCUT2D eigenvalue weighted by Gasteiger charge is -2.32. The zero-order valence-electron chi connectivity index (χ0n) is 16.1. The summed E-state index contributed by atoms with van der Waals surface area (Å²) in [6, 6.07) is 0. The summed E-state index contributed by atoms with van der Waals surface area (Å²) in [5.41, 5.74) is 1.61. The van der Waals surface area contributed by atoms with Crippen LogP contribution in [0, 0.1) is 5.92 Å². The third-order valence-corrected chi connectivity index (χ3v) is 4.91. The molecule has 0 bridgehead atoms. The van der Waals surface area contributed by atoms with E-state index in [1.807, 2.05) is 22.8 Å². The predicted octanol–water partition coefficient (Wildman–Crippen LogP) is 1.19. The van der Waals surface area contributed by atoms with Crippen LogP contribution < -0.4 is 5.32 Å². The van der Waals surface area contributed by atoms with Crippen molar-refractivity contribution >= 4 is 28.6 Å². The van der Waals surface area contributed by atoms with Crippen molar-refractivity contribution in [2.45, 2.75) is 19.4 Å². The Morgan fingerprint density at radius 1 is 1.32 bits per heavy atom. The number of nitrogens with one attached hydrogen (secondary N) is 1. The van der Waals surface area contributed by atoms with Gasteiger partial charge < -0.3 is 15.0 Å². The fraction of sp³-hybridized carbons (Fsp3) is 0.500. The molecule has 1 aliphatic rings. The monoisotopic (exact) mass is 384 g/mol. The first kappa shape index (κ1) is 18.4. The second-order valence-electron chi connectivity index (χ2n) is 7.11. The molecule has 3 aromatic heterocycles. The summed E-state index contributed by atoms with van der Waals surface area (Å²) in [6.45, 7) is 2.35. The van der Waals surface area contributed by atoms with Crippen molar-refractivity contribution in [3.63, 3.8) is 0 Å². The highest BCUT2D eigenvalue weighted by molar-refractivity contribution is 5.77. The van der Waals surface area contributed by atoms with Crippen LogP contribution in [0.5, 0.6) is 0 Å². The molecule has 148 valence electrons. The number of amides is 1. The second kappa shape index (κ2) is 7.93. The number of hydrogen-bond donors (Lipinski definition) is 1. The maximum absolute atomic E-state index is 12.1. The zero-order chi connectivity index (χ0) is 19.5. The third kappa shape index (κ3) is 3.96. The van der Waals surface area contributed by atoms with Crippen LogP contribution in [0.15, 0.2) is 24.8 Å². The van der Waals surface area contributed by atoms with Crippen LogP contribution in [0.1, 0.15) is 12.8 Å². The minimum absolute atomic E-state index is 0.0443. The van der Waals surface area contributed by atoms with Gasteiger partial charge in [-0.2, -0.15) is 15.2 Å². The summed E-state index contributed by atoms with van der Waals surface area (Å²) in [5.74, 6) is 0.882. The van der Waals surface area contributed by atoms with Gasteiger partial charge in [0.2, 0.25) is 11.9 Å². The average Bonchev–Trinajstić information content (AvgIpc) is 3.28. The van der Waals surface area contributed by atoms with Crippen LogP contribution in [0.2, 0.25) is 0 Å². The van der Waals surface area contributed by atoms with Gasteiger partial charge in [0.15, 0.2) is 5.65 Å². The number of carbonyl (C=O) groups is 1. The van der Waals surface area contributed by atoms with E-state index in [9.17, 15) is 4.79 Å². The van der Waals surface area contributed by atoms with Crippen LogP contribution in [0.3, 0.4) is 0 Å². The summed E-state index contributed by atoms with van der Waals surface area (Å²) >= 11 is 0. The van der Waals surface area contributed by atoms with Crippen molar-refractivity contribution in [3.05, 3.63) is 24.8 Å². The molecule has 0 aromatic carbocycles. The Morgan fingerprint density at radius 2 is 2.21 bits per heavy atom. The number of aryl methyl sites for hydroxylation is 1. The minimum atomic E-state index is 0.0443. The molecule has 10 nitrogen and oxygen atoms in total. The van der Waals surface area contributed by atoms with E-state index in [4.69, 9.17) is 4.74 Å². The number of ether oxygens (including phenoxy) is 1. The largest absolute Gasteiger partial charge is 0.375 e. The Morgan fingerprint density at radius 3 is 3.00 bits per heavy atom. The zero-order valence-corrected chi connectivity index (χ0v) is 16.1. The molecule has 1 atom stereocenters. The molecule has 0 saturated carbocycles. The molecule has 28 heavy (non-hydrogen) atoms. The van der Waals surface area contributed by atoms with E-state index < -0.39 is 0 Å². The van der Waals surface area contributed by atoms with Gasteiger partial charge in [-0.25, -0.2) is 9.67 Å². The normalized spacial score (nSPS) is 17.2. The van der Waals surface area contributed by atoms with Gasteiger partial charge in [0.25, 0.3) is 0 Å². The standard InChI is InChI=1S/C18H24N8O2/c1-24-11-15(8-20-24)22-18-19-6-14-7-21-26(17(14)23-18)10-13-4-3-5-25(9-13)16(27)12-28-2/h6-8,11,13H,3-5,9-10,12H2,1-2H3,(H,19,22,23). The van der Waals surface area contributed by atoms with Gasteiger partial charge in [-0.1, -0.05) is 0 Å². The van der Waals surface area contributed by atoms with E-state index in [0.717, 1.165) is 42.7 Å². The number of rotatable bonds is 6. The lowest BCUT2D eigenvalue weighted by Crippen LogP contribution is -2.42. The highest BCUT2D eigenvalue weighted by Crippen LogP contribution is 2.21. The smallest absolute Gasteiger partial charge is 0.248 e. The van der Waals surface area contributed by atoms with Crippen molar-refractivity contribution in [1.29, 1.82) is 0 Å². The molecule has 10 heteroatoms. The van der Waals surface area contributed by atoms with Gasteiger partial charge in [-0.15, -0.1) is 0 Å². The van der Waals surface area contributed by atoms with E-state index in [0.29, 0.717) is 18.4 Å². The maximum atomic E-state index is 12.1. The Labute approximate surface area is 162 Å². The Kier molecular flexibility index (Phi) is 5.20. The molecule has 1 N–H and O–H groups in total. The summed E-state index contributed by atoms with van der Waals surface area (Å²) < 4.78 is 8.60. The number of hydrogen-bond acceptors (Lipinski definition) is 7. The number of aromatic nitrogens is 6. The number of likely N-dealkylation sites (tertiary alicyclic amines) is 1. The second-order valence-corrected chi connectivity index (χ2v) is 7.11. The third-order valence-electron chi connectivity index (χ3n) is 4.91. The highest BCUT2D eigenvalue weighted by Gasteiger charge is 2.24. The van der Waals surface area contributed by atoms with E-state index in [1.165, 1.54) is 0 Å². The maximum Gasteiger partial charge on any atom is 0.248 e. The number of methoxy groups -OCH3 is 1. The fourth-order valence-electron chi connectivity index (χ4n) is 3.58. The lowest BCUT2D eigenvalue weighted by molar-refractivity contribution is -0.137. The van der Waals surface area contributed by atoms with Crippen LogP contribution in [-0.2, 0) is 23.1 Å². The topological polar surface area (TPSA) is 103 Å². The number of piperidine rings is 1. The van der Waals surface area contributed by atoms with Crippen LogP contribution in [0.25, 0.3) is 11.0 Å². The van der Waals surface area contributed by atoms with Gasteiger partial charge in [-0.05, 0) is 18.8 Å². The van der Waals surface area contributed by atoms with E-state index in [-0.39, 0.29) is 12.5 Å². The molecule has 0 spiro atoms. The summed E-state index contributed by atoms with van der Waals surface area (Å²) in [6.07, 6.45) is 9.17. The lowest BCUT2D eigenvalue weighted by atomic mass is 9.98. The quantitative estimate of drug-likeness (QED) is 0.681. The predicted molar refractivity (Wildman–Crippen MR) is 103 cm³/mol. The van der Waals surface area contributed by atoms with Crippen molar-refractivity contribution in [2.24, 2.45) is 13.0 Å². The molecule has 0 aliphatic carbocycles. The Bertz CT molecular complexity index is 966. The molecular formula is C18H24N8O2. The molecule has 1 fully saturated rings. The number of carbonyl (C=O) groups excluding carboxylic acids is 1. The summed E-state index contributed by atoms with van der Waals surface area (Å²) in [7, 11) is 3.40. The van der Waals surface area contributed by atoms with Gasteiger partial charge >= 0.3 is 0 Å². The molecular weight excluding hydrogens is 360 g/mol. The average molecular weight is 384 g/mol. The highest BCUT2D eigenvalue weighted by atomic mass is 16.5. The van der Waals surface area contributed by atoms with Gasteiger partial charge in [-0.3, -0.25) is 9.48 Å². The van der Waals surface area contributed by atoms with Crippen molar-refractivity contribution in [2.75, 3.05) is 32.1 Å². The molecule has 1 unspecified atom stereocenters. The number of fused-ring (bicyclic) bond motifs is 1. The van der Waals surface area contributed by atoms with Gasteiger partial charge in [0.1, 0.15) is 6.61 Å². The fourth-order valence-corrected chi connectivity index (χ4v) is 3.58.